The second kappa shape index (κ2) is 9.04. The van der Waals surface area contributed by atoms with Crippen molar-refractivity contribution in [3.8, 4) is 5.75 Å². The fraction of sp³-hybridized carbons (Fsp3) is 0.462. The van der Waals surface area contributed by atoms with Crippen LogP contribution >= 0.6 is 0 Å². The predicted octanol–water partition coefficient (Wildman–Crippen LogP) is 5.29. The Balaban J connectivity index is 1.28. The minimum atomic E-state index is 0.556. The topological polar surface area (TPSA) is 24.5 Å². The first-order chi connectivity index (χ1) is 14.1. The number of fused-ring (bicyclic) bond motifs is 1. The number of allylic oxidation sites excluding steroid dienone is 1. The van der Waals surface area contributed by atoms with Crippen LogP contribution in [-0.2, 0) is 26.1 Å². The van der Waals surface area contributed by atoms with Crippen LogP contribution in [0.5, 0.6) is 5.75 Å². The van der Waals surface area contributed by atoms with Crippen molar-refractivity contribution in [2.75, 3.05) is 13.2 Å². The van der Waals surface area contributed by atoms with Crippen molar-refractivity contribution >= 4 is 0 Å². The van der Waals surface area contributed by atoms with Gasteiger partial charge in [0.05, 0.1) is 6.61 Å². The van der Waals surface area contributed by atoms with E-state index >= 15 is 0 Å². The Morgan fingerprint density at radius 3 is 2.59 bits per heavy atom. The van der Waals surface area contributed by atoms with Crippen molar-refractivity contribution in [3.63, 3.8) is 0 Å². The minimum absolute atomic E-state index is 0.556. The fourth-order valence-electron chi connectivity index (χ4n) is 3.89. The van der Waals surface area contributed by atoms with Crippen LogP contribution in [0.3, 0.4) is 0 Å². The van der Waals surface area contributed by atoms with Gasteiger partial charge in [0.2, 0.25) is 0 Å². The Hall–Kier alpha value is -2.26. The lowest BCUT2D eigenvalue weighted by molar-refractivity contribution is 0.243. The lowest BCUT2D eigenvalue weighted by atomic mass is 9.99. The Morgan fingerprint density at radius 1 is 1.10 bits per heavy atom. The summed E-state index contributed by atoms with van der Waals surface area (Å²) in [5.41, 5.74) is 6.80. The molecular formula is C26H34N2O. The van der Waals surface area contributed by atoms with Gasteiger partial charge in [-0.05, 0) is 65.5 Å². The van der Waals surface area contributed by atoms with E-state index in [1.54, 1.807) is 0 Å². The Morgan fingerprint density at radius 2 is 1.86 bits per heavy atom. The van der Waals surface area contributed by atoms with E-state index in [0.717, 1.165) is 45.0 Å². The van der Waals surface area contributed by atoms with Gasteiger partial charge in [-0.3, -0.25) is 4.90 Å². The van der Waals surface area contributed by atoms with E-state index < -0.39 is 0 Å². The van der Waals surface area contributed by atoms with Crippen LogP contribution in [0.25, 0.3) is 0 Å². The summed E-state index contributed by atoms with van der Waals surface area (Å²) in [5.74, 6) is 2.29. The van der Waals surface area contributed by atoms with Gasteiger partial charge in [0.15, 0.2) is 0 Å². The SMILES string of the molecule is C=C(NCc1ccc(CN2CCc3cc(OCC(C)C)ccc3C2)cc1)C1CC1. The van der Waals surface area contributed by atoms with Gasteiger partial charge in [-0.1, -0.05) is 50.8 Å². The standard InChI is InChI=1S/C26H34N2O/c1-19(2)18-29-26-11-10-25-17-28(13-12-24(25)14-26)16-22-6-4-21(5-7-22)15-27-20(3)23-8-9-23/h4-7,10-11,14,19,23,27H,3,8-9,12-13,15-18H2,1-2H3. The Kier molecular flexibility index (Phi) is 6.25. The molecule has 0 saturated heterocycles. The molecule has 29 heavy (non-hydrogen) atoms. The summed E-state index contributed by atoms with van der Waals surface area (Å²) >= 11 is 0. The zero-order valence-electron chi connectivity index (χ0n) is 17.9. The van der Waals surface area contributed by atoms with E-state index in [-0.39, 0.29) is 0 Å². The first-order valence-corrected chi connectivity index (χ1v) is 11.0. The highest BCUT2D eigenvalue weighted by atomic mass is 16.5. The molecule has 4 rings (SSSR count). The second-order valence-electron chi connectivity index (χ2n) is 9.07. The van der Waals surface area contributed by atoms with Gasteiger partial charge < -0.3 is 10.1 Å². The van der Waals surface area contributed by atoms with Crippen LogP contribution in [0.2, 0.25) is 0 Å². The summed E-state index contributed by atoms with van der Waals surface area (Å²) in [6.07, 6.45) is 3.70. The van der Waals surface area contributed by atoms with Gasteiger partial charge in [0.25, 0.3) is 0 Å². The van der Waals surface area contributed by atoms with Crippen LogP contribution in [0, 0.1) is 11.8 Å². The maximum atomic E-state index is 5.89. The molecule has 1 aliphatic heterocycles. The van der Waals surface area contributed by atoms with E-state index in [9.17, 15) is 0 Å². The van der Waals surface area contributed by atoms with Crippen molar-refractivity contribution in [2.24, 2.45) is 11.8 Å². The highest BCUT2D eigenvalue weighted by Crippen LogP contribution is 2.34. The maximum Gasteiger partial charge on any atom is 0.119 e. The third kappa shape index (κ3) is 5.63. The van der Waals surface area contributed by atoms with Crippen molar-refractivity contribution in [1.82, 2.24) is 10.2 Å². The van der Waals surface area contributed by atoms with Crippen LogP contribution in [0.15, 0.2) is 54.7 Å². The molecule has 3 nitrogen and oxygen atoms in total. The number of rotatable bonds is 9. The molecule has 1 heterocycles. The van der Waals surface area contributed by atoms with E-state index in [2.05, 4.69) is 73.1 Å². The fourth-order valence-corrected chi connectivity index (χ4v) is 3.89. The number of benzene rings is 2. The molecule has 0 amide bonds. The van der Waals surface area contributed by atoms with Gasteiger partial charge in [-0.25, -0.2) is 0 Å². The van der Waals surface area contributed by atoms with Gasteiger partial charge in [-0.15, -0.1) is 0 Å². The monoisotopic (exact) mass is 390 g/mol. The van der Waals surface area contributed by atoms with Crippen molar-refractivity contribution in [1.29, 1.82) is 0 Å². The highest BCUT2D eigenvalue weighted by Gasteiger charge is 2.24. The summed E-state index contributed by atoms with van der Waals surface area (Å²) in [4.78, 5) is 2.54. The zero-order chi connectivity index (χ0) is 20.2. The molecule has 1 saturated carbocycles. The van der Waals surface area contributed by atoms with Crippen LogP contribution in [0.1, 0.15) is 48.9 Å². The number of nitrogens with one attached hydrogen (secondary N) is 1. The van der Waals surface area contributed by atoms with Crippen molar-refractivity contribution in [3.05, 3.63) is 77.0 Å². The summed E-state index contributed by atoms with van der Waals surface area (Å²) in [6.45, 7) is 13.3. The first kappa shape index (κ1) is 20.0. The molecule has 154 valence electrons. The largest absolute Gasteiger partial charge is 0.493 e. The molecular weight excluding hydrogens is 356 g/mol. The summed E-state index contributed by atoms with van der Waals surface area (Å²) < 4.78 is 5.89. The molecule has 1 N–H and O–H groups in total. The average molecular weight is 391 g/mol. The molecule has 2 aromatic rings. The van der Waals surface area contributed by atoms with Crippen LogP contribution in [0.4, 0.5) is 0 Å². The third-order valence-electron chi connectivity index (χ3n) is 5.87. The molecule has 0 spiro atoms. The predicted molar refractivity (Wildman–Crippen MR) is 120 cm³/mol. The molecule has 1 aliphatic carbocycles. The molecule has 3 heteroatoms. The molecule has 0 radical (unpaired) electrons. The first-order valence-electron chi connectivity index (χ1n) is 11.0. The quantitative estimate of drug-likeness (QED) is 0.629. The molecule has 1 fully saturated rings. The number of nitrogens with zero attached hydrogens (tertiary/aromatic N) is 1. The number of hydrogen-bond acceptors (Lipinski definition) is 3. The normalized spacial score (nSPS) is 16.5. The lowest BCUT2D eigenvalue weighted by Gasteiger charge is -2.29. The molecule has 0 bridgehead atoms. The molecule has 0 unspecified atom stereocenters. The minimum Gasteiger partial charge on any atom is -0.493 e. The smallest absolute Gasteiger partial charge is 0.119 e. The third-order valence-corrected chi connectivity index (χ3v) is 5.87. The lowest BCUT2D eigenvalue weighted by Crippen LogP contribution is -2.30. The van der Waals surface area contributed by atoms with E-state index in [1.807, 2.05) is 0 Å². The van der Waals surface area contributed by atoms with Crippen molar-refractivity contribution in [2.45, 2.75) is 52.7 Å². The maximum absolute atomic E-state index is 5.89. The van der Waals surface area contributed by atoms with Gasteiger partial charge in [0.1, 0.15) is 5.75 Å². The second-order valence-corrected chi connectivity index (χ2v) is 9.07. The summed E-state index contributed by atoms with van der Waals surface area (Å²) in [6, 6.07) is 15.7. The molecule has 2 aliphatic rings. The highest BCUT2D eigenvalue weighted by molar-refractivity contribution is 5.37. The number of hydrogen-bond donors (Lipinski definition) is 1. The van der Waals surface area contributed by atoms with Gasteiger partial charge in [0, 0.05) is 31.9 Å². The summed E-state index contributed by atoms with van der Waals surface area (Å²) in [5, 5.41) is 3.48. The number of ether oxygens (including phenoxy) is 1. The summed E-state index contributed by atoms with van der Waals surface area (Å²) in [7, 11) is 0. The molecule has 2 aromatic carbocycles. The van der Waals surface area contributed by atoms with Gasteiger partial charge in [-0.2, -0.15) is 0 Å². The Labute approximate surface area is 175 Å². The van der Waals surface area contributed by atoms with E-state index in [1.165, 1.54) is 40.8 Å². The molecule has 0 atom stereocenters. The van der Waals surface area contributed by atoms with E-state index in [4.69, 9.17) is 4.74 Å². The van der Waals surface area contributed by atoms with Crippen LogP contribution in [-0.4, -0.2) is 18.1 Å². The van der Waals surface area contributed by atoms with Gasteiger partial charge >= 0.3 is 0 Å². The van der Waals surface area contributed by atoms with E-state index in [0.29, 0.717) is 11.8 Å². The van der Waals surface area contributed by atoms with Crippen LogP contribution < -0.4 is 10.1 Å². The Bertz CT molecular complexity index is 836. The average Bonchev–Trinajstić information content (AvgIpc) is 3.57. The van der Waals surface area contributed by atoms with Crippen molar-refractivity contribution < 1.29 is 4.74 Å². The zero-order valence-corrected chi connectivity index (χ0v) is 17.9. The molecule has 0 aromatic heterocycles.